The van der Waals surface area contributed by atoms with Crippen LogP contribution in [0.2, 0.25) is 0 Å². The molecule has 0 bridgehead atoms. The van der Waals surface area contributed by atoms with Gasteiger partial charge in [0.15, 0.2) is 0 Å². The van der Waals surface area contributed by atoms with Gasteiger partial charge in [0, 0.05) is 37.1 Å². The largest absolute Gasteiger partial charge is 0.433 e. The highest BCUT2D eigenvalue weighted by Crippen LogP contribution is 2.33. The van der Waals surface area contributed by atoms with Crippen LogP contribution in [0.1, 0.15) is 34.5 Å². The Hall–Kier alpha value is -3.02. The molecule has 28 heavy (non-hydrogen) atoms. The third kappa shape index (κ3) is 4.11. The van der Waals surface area contributed by atoms with Gasteiger partial charge >= 0.3 is 6.18 Å². The Bertz CT molecular complexity index is 939. The standard InChI is InChI=1S/C19H14F5N3O/c20-18(21)6-8-27(9-7-18)17(28)13-5-4-12(11-25)10-14(13)15-2-1-3-16(26-15)19(22,23)24/h1-5,10H,6-9H2. The van der Waals surface area contributed by atoms with Crippen molar-refractivity contribution in [3.05, 3.63) is 53.2 Å². The number of aromatic nitrogens is 1. The van der Waals surface area contributed by atoms with E-state index in [1.807, 2.05) is 6.07 Å². The van der Waals surface area contributed by atoms with Gasteiger partial charge in [-0.1, -0.05) is 6.07 Å². The molecule has 1 amide bonds. The molecule has 1 aliphatic rings. The maximum Gasteiger partial charge on any atom is 0.433 e. The summed E-state index contributed by atoms with van der Waals surface area (Å²) in [6, 6.07) is 9.05. The van der Waals surface area contributed by atoms with Gasteiger partial charge < -0.3 is 4.90 Å². The van der Waals surface area contributed by atoms with E-state index in [9.17, 15) is 26.7 Å². The summed E-state index contributed by atoms with van der Waals surface area (Å²) in [7, 11) is 0. The highest BCUT2D eigenvalue weighted by Gasteiger charge is 2.36. The van der Waals surface area contributed by atoms with Gasteiger partial charge in [-0.15, -0.1) is 0 Å². The van der Waals surface area contributed by atoms with Gasteiger partial charge in [-0.05, 0) is 30.3 Å². The number of pyridine rings is 1. The summed E-state index contributed by atoms with van der Waals surface area (Å²) in [5.74, 6) is -3.43. The van der Waals surface area contributed by atoms with Crippen molar-refractivity contribution in [3.63, 3.8) is 0 Å². The Balaban J connectivity index is 2.02. The lowest BCUT2D eigenvalue weighted by molar-refractivity contribution is -0.141. The predicted molar refractivity (Wildman–Crippen MR) is 89.5 cm³/mol. The molecule has 0 N–H and O–H groups in total. The summed E-state index contributed by atoms with van der Waals surface area (Å²) in [4.78, 5) is 17.6. The fourth-order valence-corrected chi connectivity index (χ4v) is 2.96. The number of amides is 1. The van der Waals surface area contributed by atoms with Crippen molar-refractivity contribution in [3.8, 4) is 17.3 Å². The molecule has 9 heteroatoms. The number of nitrogens with zero attached hydrogens (tertiary/aromatic N) is 3. The monoisotopic (exact) mass is 395 g/mol. The van der Waals surface area contributed by atoms with E-state index in [0.29, 0.717) is 0 Å². The smallest absolute Gasteiger partial charge is 0.338 e. The molecule has 146 valence electrons. The first-order valence-electron chi connectivity index (χ1n) is 8.37. The van der Waals surface area contributed by atoms with E-state index in [-0.39, 0.29) is 35.5 Å². The second-order valence-electron chi connectivity index (χ2n) is 6.43. The van der Waals surface area contributed by atoms with E-state index in [2.05, 4.69) is 4.98 Å². The second-order valence-corrected chi connectivity index (χ2v) is 6.43. The van der Waals surface area contributed by atoms with Crippen LogP contribution in [0, 0.1) is 11.3 Å². The van der Waals surface area contributed by atoms with Crippen LogP contribution < -0.4 is 0 Å². The number of carbonyl (C=O) groups excluding carboxylic acids is 1. The number of piperidine rings is 1. The van der Waals surface area contributed by atoms with Gasteiger partial charge in [-0.3, -0.25) is 4.79 Å². The summed E-state index contributed by atoms with van der Waals surface area (Å²) in [5, 5.41) is 9.10. The van der Waals surface area contributed by atoms with Crippen LogP contribution in [0.5, 0.6) is 0 Å². The van der Waals surface area contributed by atoms with Gasteiger partial charge in [-0.25, -0.2) is 13.8 Å². The van der Waals surface area contributed by atoms with Crippen molar-refractivity contribution >= 4 is 5.91 Å². The van der Waals surface area contributed by atoms with Gasteiger partial charge in [0.05, 0.1) is 17.3 Å². The predicted octanol–water partition coefficient (Wildman–Crippen LogP) is 4.51. The van der Waals surface area contributed by atoms with Gasteiger partial charge in [0.2, 0.25) is 0 Å². The van der Waals surface area contributed by atoms with Crippen LogP contribution in [0.3, 0.4) is 0 Å². The van der Waals surface area contributed by atoms with Gasteiger partial charge in [0.1, 0.15) is 5.69 Å². The minimum Gasteiger partial charge on any atom is -0.338 e. The topological polar surface area (TPSA) is 57.0 Å². The Morgan fingerprint density at radius 3 is 2.43 bits per heavy atom. The van der Waals surface area contributed by atoms with Gasteiger partial charge in [-0.2, -0.15) is 18.4 Å². The average molecular weight is 395 g/mol. The lowest BCUT2D eigenvalue weighted by atomic mass is 9.98. The number of hydrogen-bond acceptors (Lipinski definition) is 3. The van der Waals surface area contributed by atoms with Crippen molar-refractivity contribution in [1.82, 2.24) is 9.88 Å². The van der Waals surface area contributed by atoms with Crippen LogP contribution in [0.4, 0.5) is 22.0 Å². The van der Waals surface area contributed by atoms with Crippen molar-refractivity contribution in [2.75, 3.05) is 13.1 Å². The zero-order chi connectivity index (χ0) is 20.5. The number of rotatable bonds is 2. The molecular weight excluding hydrogens is 381 g/mol. The molecule has 0 radical (unpaired) electrons. The maximum atomic E-state index is 13.4. The third-order valence-corrected chi connectivity index (χ3v) is 4.48. The summed E-state index contributed by atoms with van der Waals surface area (Å²) in [5.41, 5.74) is -1.07. The second kappa shape index (κ2) is 7.19. The normalized spacial score (nSPS) is 16.5. The summed E-state index contributed by atoms with van der Waals surface area (Å²) in [6.07, 6.45) is -5.64. The third-order valence-electron chi connectivity index (χ3n) is 4.48. The molecular formula is C19H14F5N3O. The van der Waals surface area contributed by atoms with E-state index in [1.54, 1.807) is 0 Å². The van der Waals surface area contributed by atoms with Crippen LogP contribution in [-0.2, 0) is 6.18 Å². The van der Waals surface area contributed by atoms with Crippen molar-refractivity contribution < 1.29 is 26.7 Å². The number of alkyl halides is 5. The zero-order valence-electron chi connectivity index (χ0n) is 14.4. The minimum absolute atomic E-state index is 0.0102. The van der Waals surface area contributed by atoms with E-state index in [1.165, 1.54) is 29.2 Å². The number of halogens is 5. The molecule has 0 saturated carbocycles. The first-order valence-corrected chi connectivity index (χ1v) is 8.37. The molecule has 1 aliphatic heterocycles. The molecule has 0 aliphatic carbocycles. The van der Waals surface area contributed by atoms with Crippen molar-refractivity contribution in [1.29, 1.82) is 5.26 Å². The average Bonchev–Trinajstić information content (AvgIpc) is 2.66. The van der Waals surface area contributed by atoms with Crippen LogP contribution in [-0.4, -0.2) is 34.8 Å². The van der Waals surface area contributed by atoms with Gasteiger partial charge in [0.25, 0.3) is 11.8 Å². The fourth-order valence-electron chi connectivity index (χ4n) is 2.96. The number of hydrogen-bond donors (Lipinski definition) is 0. The number of benzene rings is 1. The quantitative estimate of drug-likeness (QED) is 0.703. The molecule has 1 aromatic heterocycles. The lowest BCUT2D eigenvalue weighted by Gasteiger charge is -2.32. The zero-order valence-corrected chi connectivity index (χ0v) is 14.4. The molecule has 2 heterocycles. The molecule has 3 rings (SSSR count). The highest BCUT2D eigenvalue weighted by molar-refractivity contribution is 6.00. The van der Waals surface area contributed by atoms with Crippen molar-refractivity contribution in [2.24, 2.45) is 0 Å². The molecule has 1 aromatic carbocycles. The Kier molecular flexibility index (Phi) is 5.06. The fraction of sp³-hybridized carbons (Fsp3) is 0.316. The summed E-state index contributed by atoms with van der Waals surface area (Å²) in [6.45, 7) is -0.331. The Labute approximate surface area is 157 Å². The molecule has 0 unspecified atom stereocenters. The molecule has 0 spiro atoms. The first-order chi connectivity index (χ1) is 13.1. The van der Waals surface area contributed by atoms with Crippen LogP contribution >= 0.6 is 0 Å². The van der Waals surface area contributed by atoms with Crippen LogP contribution in [0.25, 0.3) is 11.3 Å². The number of nitriles is 1. The molecule has 0 atom stereocenters. The van der Waals surface area contributed by atoms with Crippen molar-refractivity contribution in [2.45, 2.75) is 24.9 Å². The summed E-state index contributed by atoms with van der Waals surface area (Å²) < 4.78 is 65.7. The lowest BCUT2D eigenvalue weighted by Crippen LogP contribution is -2.42. The highest BCUT2D eigenvalue weighted by atomic mass is 19.4. The van der Waals surface area contributed by atoms with Crippen LogP contribution in [0.15, 0.2) is 36.4 Å². The summed E-state index contributed by atoms with van der Waals surface area (Å²) >= 11 is 0. The molecule has 2 aromatic rings. The molecule has 1 saturated heterocycles. The Morgan fingerprint density at radius 2 is 1.82 bits per heavy atom. The van der Waals surface area contributed by atoms with E-state index >= 15 is 0 Å². The molecule has 1 fully saturated rings. The molecule has 4 nitrogen and oxygen atoms in total. The number of likely N-dealkylation sites (tertiary alicyclic amines) is 1. The van der Waals surface area contributed by atoms with E-state index in [4.69, 9.17) is 5.26 Å². The Morgan fingerprint density at radius 1 is 1.14 bits per heavy atom. The SMILES string of the molecule is N#Cc1ccc(C(=O)N2CCC(F)(F)CC2)c(-c2cccc(C(F)(F)F)n2)c1. The first kappa shape index (κ1) is 19.7. The van der Waals surface area contributed by atoms with E-state index < -0.39 is 36.5 Å². The number of carbonyl (C=O) groups is 1. The van der Waals surface area contributed by atoms with E-state index in [0.717, 1.165) is 12.1 Å². The minimum atomic E-state index is -4.68. The maximum absolute atomic E-state index is 13.4.